The van der Waals surface area contributed by atoms with E-state index < -0.39 is 0 Å². The Morgan fingerprint density at radius 3 is 2.82 bits per heavy atom. The number of hydrogen-bond donors (Lipinski definition) is 2. The summed E-state index contributed by atoms with van der Waals surface area (Å²) >= 11 is 1.94. The molecular weight excluding hydrogens is 230 g/mol. The number of benzene rings is 1. The van der Waals surface area contributed by atoms with E-state index in [9.17, 15) is 5.11 Å². The molecule has 2 unspecified atom stereocenters. The van der Waals surface area contributed by atoms with Crippen LogP contribution < -0.4 is 5.32 Å². The van der Waals surface area contributed by atoms with Gasteiger partial charge in [-0.25, -0.2) is 0 Å². The molecule has 0 amide bonds. The summed E-state index contributed by atoms with van der Waals surface area (Å²) in [5.41, 5.74) is 1.24. The Labute approximate surface area is 108 Å². The van der Waals surface area contributed by atoms with Gasteiger partial charge in [-0.05, 0) is 38.8 Å². The molecule has 0 radical (unpaired) electrons. The second-order valence-electron chi connectivity index (χ2n) is 5.33. The monoisotopic (exact) mass is 251 g/mol. The molecule has 1 aliphatic heterocycles. The van der Waals surface area contributed by atoms with E-state index in [-0.39, 0.29) is 11.6 Å². The molecule has 94 valence electrons. The van der Waals surface area contributed by atoms with Crippen molar-refractivity contribution in [3.63, 3.8) is 0 Å². The van der Waals surface area contributed by atoms with Crippen LogP contribution in [0.2, 0.25) is 0 Å². The van der Waals surface area contributed by atoms with Gasteiger partial charge in [0.25, 0.3) is 0 Å². The van der Waals surface area contributed by atoms with Crippen LogP contribution in [0, 0.1) is 0 Å². The van der Waals surface area contributed by atoms with E-state index in [1.54, 1.807) is 0 Å². The summed E-state index contributed by atoms with van der Waals surface area (Å²) in [6.07, 6.45) is 0.792. The van der Waals surface area contributed by atoms with Gasteiger partial charge in [0.15, 0.2) is 0 Å². The molecule has 0 saturated carbocycles. The molecule has 3 heteroatoms. The molecule has 2 rings (SSSR count). The maximum absolute atomic E-state index is 9.66. The average molecular weight is 251 g/mol. The first-order valence-corrected chi connectivity index (χ1v) is 7.04. The first-order chi connectivity index (χ1) is 7.99. The van der Waals surface area contributed by atoms with Crippen LogP contribution in [0.15, 0.2) is 29.2 Å². The molecule has 1 aromatic rings. The van der Waals surface area contributed by atoms with Gasteiger partial charge in [0.1, 0.15) is 0 Å². The van der Waals surface area contributed by atoms with Crippen molar-refractivity contribution >= 4 is 11.8 Å². The van der Waals surface area contributed by atoms with Crippen molar-refractivity contribution in [1.82, 2.24) is 5.32 Å². The van der Waals surface area contributed by atoms with Gasteiger partial charge >= 0.3 is 0 Å². The lowest BCUT2D eigenvalue weighted by Crippen LogP contribution is -2.50. The Morgan fingerprint density at radius 1 is 1.47 bits per heavy atom. The predicted molar refractivity (Wildman–Crippen MR) is 73.6 cm³/mol. The molecule has 2 atom stereocenters. The maximum Gasteiger partial charge on any atom is 0.0688 e. The summed E-state index contributed by atoms with van der Waals surface area (Å²) in [6.45, 7) is 6.87. The van der Waals surface area contributed by atoms with Gasteiger partial charge in [0.2, 0.25) is 0 Å². The van der Waals surface area contributed by atoms with Gasteiger partial charge in [-0.15, -0.1) is 11.8 Å². The topological polar surface area (TPSA) is 32.3 Å². The number of aliphatic hydroxyl groups is 1. The zero-order valence-corrected chi connectivity index (χ0v) is 11.6. The number of thioether (sulfide) groups is 1. The van der Waals surface area contributed by atoms with Gasteiger partial charge < -0.3 is 10.4 Å². The third-order valence-electron chi connectivity index (χ3n) is 3.54. The smallest absolute Gasteiger partial charge is 0.0688 e. The highest BCUT2D eigenvalue weighted by Gasteiger charge is 2.27. The number of hydrogen-bond acceptors (Lipinski definition) is 3. The number of rotatable bonds is 4. The molecule has 1 aromatic carbocycles. The highest BCUT2D eigenvalue weighted by atomic mass is 32.2. The average Bonchev–Trinajstić information content (AvgIpc) is 2.69. The van der Waals surface area contributed by atoms with Crippen LogP contribution >= 0.6 is 11.8 Å². The highest BCUT2D eigenvalue weighted by molar-refractivity contribution is 8.00. The van der Waals surface area contributed by atoms with E-state index in [4.69, 9.17) is 0 Å². The molecule has 0 saturated heterocycles. The zero-order valence-electron chi connectivity index (χ0n) is 10.7. The fourth-order valence-electron chi connectivity index (χ4n) is 1.89. The minimum absolute atomic E-state index is 0.213. The van der Waals surface area contributed by atoms with Crippen LogP contribution in [-0.4, -0.2) is 28.5 Å². The molecule has 0 fully saturated rings. The van der Waals surface area contributed by atoms with Crippen LogP contribution in [0.3, 0.4) is 0 Å². The van der Waals surface area contributed by atoms with Gasteiger partial charge in [0, 0.05) is 22.2 Å². The van der Waals surface area contributed by atoms with E-state index in [0.717, 1.165) is 13.0 Å². The Bertz CT molecular complexity index is 365. The summed E-state index contributed by atoms with van der Waals surface area (Å²) in [5, 5.41) is 13.7. The number of nitrogens with one attached hydrogen (secondary N) is 1. The predicted octanol–water partition coefficient (Wildman–Crippen LogP) is 2.45. The molecule has 2 nitrogen and oxygen atoms in total. The fourth-order valence-corrected chi connectivity index (χ4v) is 3.14. The largest absolute Gasteiger partial charge is 0.392 e. The Morgan fingerprint density at radius 2 is 2.18 bits per heavy atom. The Hall–Kier alpha value is -0.510. The lowest BCUT2D eigenvalue weighted by Gasteiger charge is -2.30. The Kier molecular flexibility index (Phi) is 3.81. The van der Waals surface area contributed by atoms with Crippen molar-refractivity contribution in [1.29, 1.82) is 0 Å². The second kappa shape index (κ2) is 5.01. The van der Waals surface area contributed by atoms with E-state index in [2.05, 4.69) is 29.6 Å². The lowest BCUT2D eigenvalue weighted by molar-refractivity contribution is 0.0972. The van der Waals surface area contributed by atoms with E-state index >= 15 is 0 Å². The van der Waals surface area contributed by atoms with Crippen LogP contribution in [-0.2, 0) is 6.42 Å². The van der Waals surface area contributed by atoms with E-state index in [1.807, 2.05) is 32.5 Å². The molecule has 0 aromatic heterocycles. The van der Waals surface area contributed by atoms with Crippen molar-refractivity contribution in [2.75, 3.05) is 6.54 Å². The molecule has 17 heavy (non-hydrogen) atoms. The number of aliphatic hydroxyl groups excluding tert-OH is 1. The third-order valence-corrected chi connectivity index (χ3v) is 4.86. The summed E-state index contributed by atoms with van der Waals surface area (Å²) in [6, 6.07) is 8.61. The van der Waals surface area contributed by atoms with Crippen LogP contribution in [0.1, 0.15) is 26.3 Å². The van der Waals surface area contributed by atoms with Crippen LogP contribution in [0.5, 0.6) is 0 Å². The van der Waals surface area contributed by atoms with E-state index in [1.165, 1.54) is 10.5 Å². The van der Waals surface area contributed by atoms with Crippen LogP contribution in [0.4, 0.5) is 0 Å². The van der Waals surface area contributed by atoms with E-state index in [0.29, 0.717) is 5.25 Å². The van der Waals surface area contributed by atoms with Crippen molar-refractivity contribution in [2.45, 2.75) is 49.0 Å². The molecule has 1 aliphatic rings. The molecule has 2 N–H and O–H groups in total. The minimum atomic E-state index is -0.337. The zero-order chi connectivity index (χ0) is 12.5. The van der Waals surface area contributed by atoms with Crippen molar-refractivity contribution in [3.8, 4) is 0 Å². The quantitative estimate of drug-likeness (QED) is 0.862. The fraction of sp³-hybridized carbons (Fsp3) is 0.571. The SMILES string of the molecule is CC(O)C(C)(C)NCC1Cc2ccccc2S1. The standard InChI is InChI=1S/C14H21NOS/c1-10(16)14(2,3)15-9-12-8-11-6-4-5-7-13(11)17-12/h4-7,10,12,15-16H,8-9H2,1-3H3. The molecular formula is C14H21NOS. The summed E-state index contributed by atoms with van der Waals surface area (Å²) < 4.78 is 0. The Balaban J connectivity index is 1.88. The summed E-state index contributed by atoms with van der Waals surface area (Å²) in [7, 11) is 0. The van der Waals surface area contributed by atoms with Gasteiger partial charge in [0.05, 0.1) is 6.10 Å². The molecule has 1 heterocycles. The van der Waals surface area contributed by atoms with Crippen molar-refractivity contribution < 1.29 is 5.11 Å². The van der Waals surface area contributed by atoms with Gasteiger partial charge in [-0.2, -0.15) is 0 Å². The first kappa shape index (κ1) is 12.9. The first-order valence-electron chi connectivity index (χ1n) is 6.17. The highest BCUT2D eigenvalue weighted by Crippen LogP contribution is 2.36. The maximum atomic E-state index is 9.66. The van der Waals surface area contributed by atoms with Crippen LogP contribution in [0.25, 0.3) is 0 Å². The minimum Gasteiger partial charge on any atom is -0.392 e. The summed E-state index contributed by atoms with van der Waals surface area (Å²) in [5.74, 6) is 0. The number of fused-ring (bicyclic) bond motifs is 1. The van der Waals surface area contributed by atoms with Gasteiger partial charge in [-0.1, -0.05) is 18.2 Å². The van der Waals surface area contributed by atoms with Gasteiger partial charge in [-0.3, -0.25) is 0 Å². The third kappa shape index (κ3) is 3.03. The second-order valence-corrected chi connectivity index (χ2v) is 6.67. The summed E-state index contributed by atoms with van der Waals surface area (Å²) in [4.78, 5) is 1.41. The van der Waals surface area contributed by atoms with Crippen molar-refractivity contribution in [3.05, 3.63) is 29.8 Å². The molecule has 0 bridgehead atoms. The molecule has 0 spiro atoms. The lowest BCUT2D eigenvalue weighted by atomic mass is 9.98. The van der Waals surface area contributed by atoms with Crippen molar-refractivity contribution in [2.24, 2.45) is 0 Å². The normalized spacial score (nSPS) is 21.3. The molecule has 0 aliphatic carbocycles.